The average Bonchev–Trinajstić information content (AvgIpc) is 3.04. The minimum Gasteiger partial charge on any atom is -0.493 e. The third-order valence-corrected chi connectivity index (χ3v) is 7.09. The van der Waals surface area contributed by atoms with Crippen molar-refractivity contribution >= 4 is 23.6 Å². The van der Waals surface area contributed by atoms with Crippen molar-refractivity contribution < 1.29 is 33.0 Å². The lowest BCUT2D eigenvalue weighted by Gasteiger charge is -2.23. The van der Waals surface area contributed by atoms with E-state index in [1.54, 1.807) is 48.4 Å². The zero-order chi connectivity index (χ0) is 31.5. The largest absolute Gasteiger partial charge is 0.493 e. The number of hydrogen-bond acceptors (Lipinski definition) is 7. The van der Waals surface area contributed by atoms with Gasteiger partial charge in [0.05, 0.1) is 12.7 Å². The lowest BCUT2D eigenvalue weighted by molar-refractivity contribution is -0.129. The van der Waals surface area contributed by atoms with Gasteiger partial charge in [0.2, 0.25) is 11.8 Å². The molecule has 3 aromatic rings. The molecule has 2 aliphatic heterocycles. The molecule has 4 amide bonds. The number of aromatic nitrogens is 1. The molecule has 5 rings (SSSR count). The first kappa shape index (κ1) is 31.9. The predicted molar refractivity (Wildman–Crippen MR) is 160 cm³/mol. The van der Waals surface area contributed by atoms with Crippen LogP contribution in [0.1, 0.15) is 58.9 Å². The maximum Gasteiger partial charge on any atom is 0.255 e. The predicted octanol–water partition coefficient (Wildman–Crippen LogP) is 3.59. The van der Waals surface area contributed by atoms with Crippen molar-refractivity contribution in [1.29, 1.82) is 0 Å². The van der Waals surface area contributed by atoms with Crippen LogP contribution in [0.2, 0.25) is 0 Å². The number of nitrogens with zero attached hydrogens (tertiary/aromatic N) is 2. The van der Waals surface area contributed by atoms with Crippen LogP contribution in [-0.4, -0.2) is 66.3 Å². The average molecular weight is 606 g/mol. The molecule has 0 fully saturated rings. The minimum atomic E-state index is -0.770. The number of benzene rings is 2. The van der Waals surface area contributed by atoms with Gasteiger partial charge in [-0.25, -0.2) is 4.39 Å². The molecule has 2 aromatic carbocycles. The molecule has 1 aromatic heterocycles. The van der Waals surface area contributed by atoms with E-state index in [4.69, 9.17) is 9.47 Å². The first-order chi connectivity index (χ1) is 21.3. The Kier molecular flexibility index (Phi) is 11.2. The van der Waals surface area contributed by atoms with Gasteiger partial charge < -0.3 is 30.3 Å². The summed E-state index contributed by atoms with van der Waals surface area (Å²) in [5, 5.41) is 8.32. The molecule has 1 atom stereocenters. The number of hydrogen-bond donors (Lipinski definition) is 3. The van der Waals surface area contributed by atoms with Gasteiger partial charge in [0.15, 0.2) is 23.1 Å². The highest BCUT2D eigenvalue weighted by molar-refractivity contribution is 5.95. The standard InChI is InChI=1S/C32H36FN5O6/c1-3-25-31(41)36-19-21-9-11-26(24(33)17-21)44-28-18-22(10-12-27(28)43-2)30(40)35-14-6-16-38(15-5-8-29(39)37-25)32(42)23-7-4-13-34-20-23/h4,7,9-13,17-18,20,25H,3,5-6,8,14-16,19H2,1-2H3,(H,35,40)(H,36,41)(H,37,39)/t25-/m0/s1. The molecule has 0 radical (unpaired) electrons. The molecule has 2 aliphatic rings. The van der Waals surface area contributed by atoms with E-state index < -0.39 is 17.8 Å². The Morgan fingerprint density at radius 1 is 1.07 bits per heavy atom. The third kappa shape index (κ3) is 8.52. The second kappa shape index (κ2) is 15.5. The SMILES string of the molecule is CC[C@@H]1NC(=O)CCCN(C(=O)c2cccnc2)CCCNC(=O)c2ccc(OC)c(c2)Oc2ccc(cc2F)CNC1=O. The van der Waals surface area contributed by atoms with E-state index in [1.807, 2.05) is 0 Å². The number of halogens is 1. The molecule has 4 bridgehead atoms. The van der Waals surface area contributed by atoms with Gasteiger partial charge in [-0.05, 0) is 67.3 Å². The Morgan fingerprint density at radius 2 is 1.89 bits per heavy atom. The van der Waals surface area contributed by atoms with Gasteiger partial charge in [0.1, 0.15) is 6.04 Å². The molecular weight excluding hydrogens is 569 g/mol. The molecule has 0 spiro atoms. The Morgan fingerprint density at radius 3 is 2.61 bits per heavy atom. The quantitative estimate of drug-likeness (QED) is 0.415. The molecule has 44 heavy (non-hydrogen) atoms. The number of nitrogens with one attached hydrogen (secondary N) is 3. The van der Waals surface area contributed by atoms with Gasteiger partial charge >= 0.3 is 0 Å². The molecule has 3 heterocycles. The number of pyridine rings is 1. The van der Waals surface area contributed by atoms with Gasteiger partial charge in [-0.1, -0.05) is 13.0 Å². The van der Waals surface area contributed by atoms with Crippen molar-refractivity contribution in [3.8, 4) is 17.2 Å². The summed E-state index contributed by atoms with van der Waals surface area (Å²) < 4.78 is 26.1. The van der Waals surface area contributed by atoms with Crippen LogP contribution in [0, 0.1) is 5.82 Å². The zero-order valence-corrected chi connectivity index (χ0v) is 24.7. The summed E-state index contributed by atoms with van der Waals surface area (Å²) in [5.74, 6) is -1.65. The van der Waals surface area contributed by atoms with Crippen LogP contribution >= 0.6 is 0 Å². The lowest BCUT2D eigenvalue weighted by Crippen LogP contribution is -2.46. The topological polar surface area (TPSA) is 139 Å². The van der Waals surface area contributed by atoms with Crippen LogP contribution in [-0.2, 0) is 16.1 Å². The fourth-order valence-corrected chi connectivity index (χ4v) is 4.68. The van der Waals surface area contributed by atoms with Crippen molar-refractivity contribution in [3.05, 3.63) is 83.4 Å². The summed E-state index contributed by atoms with van der Waals surface area (Å²) in [7, 11) is 1.44. The van der Waals surface area contributed by atoms with Crippen molar-refractivity contribution in [2.75, 3.05) is 26.7 Å². The van der Waals surface area contributed by atoms with E-state index in [9.17, 15) is 23.6 Å². The van der Waals surface area contributed by atoms with E-state index in [0.717, 1.165) is 0 Å². The highest BCUT2D eigenvalue weighted by Crippen LogP contribution is 2.34. The second-order valence-corrected chi connectivity index (χ2v) is 10.2. The highest BCUT2D eigenvalue weighted by Gasteiger charge is 2.21. The van der Waals surface area contributed by atoms with E-state index in [2.05, 4.69) is 20.9 Å². The van der Waals surface area contributed by atoms with E-state index >= 15 is 0 Å². The van der Waals surface area contributed by atoms with E-state index in [1.165, 1.54) is 31.5 Å². The van der Waals surface area contributed by atoms with E-state index in [0.29, 0.717) is 49.2 Å². The Balaban J connectivity index is 1.56. The van der Waals surface area contributed by atoms with Gasteiger partial charge in [0, 0.05) is 50.6 Å². The Hall–Kier alpha value is -5.00. The number of ether oxygens (including phenoxy) is 2. The first-order valence-corrected chi connectivity index (χ1v) is 14.5. The normalized spacial score (nSPS) is 17.1. The van der Waals surface area contributed by atoms with Crippen LogP contribution in [0.4, 0.5) is 4.39 Å². The van der Waals surface area contributed by atoms with Crippen LogP contribution in [0.5, 0.6) is 17.2 Å². The monoisotopic (exact) mass is 605 g/mol. The summed E-state index contributed by atoms with van der Waals surface area (Å²) >= 11 is 0. The molecule has 0 aliphatic carbocycles. The second-order valence-electron chi connectivity index (χ2n) is 10.2. The molecular formula is C32H36FN5O6. The fraction of sp³-hybridized carbons (Fsp3) is 0.344. The van der Waals surface area contributed by atoms with Gasteiger partial charge in [-0.3, -0.25) is 24.2 Å². The molecule has 3 N–H and O–H groups in total. The molecule has 0 unspecified atom stereocenters. The molecule has 232 valence electrons. The summed E-state index contributed by atoms with van der Waals surface area (Å²) in [6.45, 7) is 2.69. The lowest BCUT2D eigenvalue weighted by atomic mass is 10.1. The summed E-state index contributed by atoms with van der Waals surface area (Å²) in [6, 6.07) is 11.4. The Bertz CT molecular complexity index is 1490. The number of carbonyl (C=O) groups is 4. The van der Waals surface area contributed by atoms with Crippen LogP contribution in [0.25, 0.3) is 0 Å². The maximum atomic E-state index is 15.0. The van der Waals surface area contributed by atoms with Crippen molar-refractivity contribution in [2.45, 2.75) is 45.2 Å². The number of amides is 4. The summed E-state index contributed by atoms with van der Waals surface area (Å²) in [6.07, 6.45) is 4.32. The Labute approximate surface area is 255 Å². The number of rotatable bonds is 3. The van der Waals surface area contributed by atoms with Crippen LogP contribution < -0.4 is 25.4 Å². The van der Waals surface area contributed by atoms with Gasteiger partial charge in [-0.15, -0.1) is 0 Å². The van der Waals surface area contributed by atoms with Crippen molar-refractivity contribution in [3.63, 3.8) is 0 Å². The first-order valence-electron chi connectivity index (χ1n) is 14.5. The van der Waals surface area contributed by atoms with Gasteiger partial charge in [-0.2, -0.15) is 0 Å². The zero-order valence-electron chi connectivity index (χ0n) is 24.7. The highest BCUT2D eigenvalue weighted by atomic mass is 19.1. The molecule has 12 heteroatoms. The van der Waals surface area contributed by atoms with Crippen molar-refractivity contribution in [2.24, 2.45) is 0 Å². The summed E-state index contributed by atoms with van der Waals surface area (Å²) in [4.78, 5) is 57.3. The van der Waals surface area contributed by atoms with Gasteiger partial charge in [0.25, 0.3) is 11.8 Å². The third-order valence-electron chi connectivity index (χ3n) is 7.09. The van der Waals surface area contributed by atoms with Crippen LogP contribution in [0.15, 0.2) is 60.9 Å². The minimum absolute atomic E-state index is 0.0345. The smallest absolute Gasteiger partial charge is 0.255 e. The fourth-order valence-electron chi connectivity index (χ4n) is 4.68. The number of fused-ring (bicyclic) bond motifs is 16. The summed E-state index contributed by atoms with van der Waals surface area (Å²) in [5.41, 5.74) is 1.18. The molecule has 11 nitrogen and oxygen atoms in total. The number of carbonyl (C=O) groups excluding carboxylic acids is 4. The maximum absolute atomic E-state index is 15.0. The molecule has 0 saturated heterocycles. The van der Waals surface area contributed by atoms with E-state index in [-0.39, 0.29) is 54.3 Å². The number of methoxy groups -OCH3 is 1. The molecule has 0 saturated carbocycles. The van der Waals surface area contributed by atoms with Crippen molar-refractivity contribution in [1.82, 2.24) is 25.8 Å². The van der Waals surface area contributed by atoms with Crippen LogP contribution in [0.3, 0.4) is 0 Å².